The zero-order chi connectivity index (χ0) is 7.84. The topological polar surface area (TPSA) is 15.8 Å². The van der Waals surface area contributed by atoms with Crippen molar-refractivity contribution < 1.29 is 0 Å². The largest absolute Gasteiger partial charge is 0.358 e. The maximum absolute atomic E-state index is 3.24. The molecule has 1 nitrogen and oxygen atoms in total. The summed E-state index contributed by atoms with van der Waals surface area (Å²) in [6, 6.07) is 9.58. The lowest BCUT2D eigenvalue weighted by atomic mass is 10.2. The van der Waals surface area contributed by atoms with Crippen LogP contribution in [0.15, 0.2) is 18.2 Å². The molecule has 0 fully saturated rings. The van der Waals surface area contributed by atoms with E-state index in [0.717, 1.165) is 5.69 Å². The van der Waals surface area contributed by atoms with Gasteiger partial charge in [-0.3, -0.25) is 0 Å². The Kier molecular flexibility index (Phi) is 1.25. The van der Waals surface area contributed by atoms with Crippen molar-refractivity contribution in [1.82, 2.24) is 4.98 Å². The maximum atomic E-state index is 3.24. The van der Waals surface area contributed by atoms with Gasteiger partial charge in [-0.2, -0.15) is 0 Å². The molecule has 0 bridgehead atoms. The van der Waals surface area contributed by atoms with Crippen molar-refractivity contribution in [3.05, 3.63) is 35.5 Å². The standard InChI is InChI=1S/C10H10N/c1-7-3-4-10-9(5-7)6-8(2)11-10/h3-5,11H,1-2H3. The van der Waals surface area contributed by atoms with Crippen LogP contribution in [0, 0.1) is 19.9 Å². The van der Waals surface area contributed by atoms with E-state index < -0.39 is 0 Å². The van der Waals surface area contributed by atoms with Crippen LogP contribution in [0.1, 0.15) is 11.3 Å². The number of benzene rings is 1. The molecule has 0 saturated carbocycles. The molecule has 1 heterocycles. The Hall–Kier alpha value is -1.24. The average molecular weight is 144 g/mol. The summed E-state index contributed by atoms with van der Waals surface area (Å²) in [6.45, 7) is 4.12. The molecule has 1 aromatic heterocycles. The van der Waals surface area contributed by atoms with Gasteiger partial charge in [0.05, 0.1) is 0 Å². The highest BCUT2D eigenvalue weighted by atomic mass is 14.7. The van der Waals surface area contributed by atoms with E-state index in [9.17, 15) is 0 Å². The Morgan fingerprint density at radius 3 is 2.91 bits per heavy atom. The predicted molar refractivity (Wildman–Crippen MR) is 46.6 cm³/mol. The van der Waals surface area contributed by atoms with Crippen LogP contribution in [0.5, 0.6) is 0 Å². The normalized spacial score (nSPS) is 10.7. The van der Waals surface area contributed by atoms with E-state index >= 15 is 0 Å². The van der Waals surface area contributed by atoms with E-state index in [-0.39, 0.29) is 0 Å². The molecule has 0 amide bonds. The highest BCUT2D eigenvalue weighted by Gasteiger charge is 1.95. The van der Waals surface area contributed by atoms with Gasteiger partial charge in [0.15, 0.2) is 0 Å². The molecule has 55 valence electrons. The Balaban J connectivity index is 2.82. The second-order valence-electron chi connectivity index (χ2n) is 2.92. The van der Waals surface area contributed by atoms with E-state index in [1.54, 1.807) is 0 Å². The molecule has 0 atom stereocenters. The van der Waals surface area contributed by atoms with Crippen LogP contribution in [0.2, 0.25) is 0 Å². The summed E-state index contributed by atoms with van der Waals surface area (Å²) in [7, 11) is 0. The van der Waals surface area contributed by atoms with Gasteiger partial charge in [-0.05, 0) is 26.0 Å². The zero-order valence-corrected chi connectivity index (χ0v) is 6.73. The second-order valence-corrected chi connectivity index (χ2v) is 2.92. The molecular weight excluding hydrogens is 134 g/mol. The van der Waals surface area contributed by atoms with Crippen LogP contribution in [0.3, 0.4) is 0 Å². The minimum absolute atomic E-state index is 1.10. The lowest BCUT2D eigenvalue weighted by Gasteiger charge is -1.90. The van der Waals surface area contributed by atoms with Crippen molar-refractivity contribution in [3.63, 3.8) is 0 Å². The molecule has 0 aliphatic carbocycles. The highest BCUT2D eigenvalue weighted by molar-refractivity contribution is 5.80. The lowest BCUT2D eigenvalue weighted by Crippen LogP contribution is -1.70. The van der Waals surface area contributed by atoms with Crippen molar-refractivity contribution in [2.24, 2.45) is 0 Å². The third-order valence-electron chi connectivity index (χ3n) is 1.82. The van der Waals surface area contributed by atoms with Crippen LogP contribution in [-0.2, 0) is 0 Å². The fourth-order valence-electron chi connectivity index (χ4n) is 1.31. The van der Waals surface area contributed by atoms with Crippen molar-refractivity contribution >= 4 is 10.9 Å². The first-order chi connectivity index (χ1) is 5.25. The van der Waals surface area contributed by atoms with Gasteiger partial charge in [0.1, 0.15) is 0 Å². The quantitative estimate of drug-likeness (QED) is 0.585. The summed E-state index contributed by atoms with van der Waals surface area (Å²) in [5.41, 5.74) is 3.56. The first-order valence-electron chi connectivity index (χ1n) is 3.74. The molecule has 1 radical (unpaired) electrons. The smallest absolute Gasteiger partial charge is 0.0462 e. The first-order valence-corrected chi connectivity index (χ1v) is 3.74. The van der Waals surface area contributed by atoms with Crippen LogP contribution in [0.25, 0.3) is 10.9 Å². The number of aromatic nitrogens is 1. The van der Waals surface area contributed by atoms with Gasteiger partial charge in [0.25, 0.3) is 0 Å². The highest BCUT2D eigenvalue weighted by Crippen LogP contribution is 2.15. The van der Waals surface area contributed by atoms with Crippen molar-refractivity contribution in [3.8, 4) is 0 Å². The number of nitrogens with one attached hydrogen (secondary N) is 1. The summed E-state index contributed by atoms with van der Waals surface area (Å²) >= 11 is 0. The lowest BCUT2D eigenvalue weighted by molar-refractivity contribution is 1.30. The fraction of sp³-hybridized carbons (Fsp3) is 0.200. The molecule has 1 N–H and O–H groups in total. The molecule has 0 aliphatic rings. The summed E-state index contributed by atoms with van der Waals surface area (Å²) in [5.74, 6) is 0. The average Bonchev–Trinajstić information content (AvgIpc) is 2.27. The first kappa shape index (κ1) is 6.47. The Morgan fingerprint density at radius 2 is 2.09 bits per heavy atom. The number of hydrogen-bond acceptors (Lipinski definition) is 0. The Bertz CT molecular complexity index is 385. The van der Waals surface area contributed by atoms with Crippen molar-refractivity contribution in [2.75, 3.05) is 0 Å². The number of aryl methyl sites for hydroxylation is 2. The molecule has 0 saturated heterocycles. The van der Waals surface area contributed by atoms with Crippen molar-refractivity contribution in [1.29, 1.82) is 0 Å². The molecule has 11 heavy (non-hydrogen) atoms. The number of hydrogen-bond donors (Lipinski definition) is 1. The van der Waals surface area contributed by atoms with Gasteiger partial charge in [-0.15, -0.1) is 0 Å². The van der Waals surface area contributed by atoms with Gasteiger partial charge in [0.2, 0.25) is 0 Å². The van der Waals surface area contributed by atoms with E-state index in [1.165, 1.54) is 16.5 Å². The van der Waals surface area contributed by atoms with Crippen LogP contribution in [-0.4, -0.2) is 4.98 Å². The third kappa shape index (κ3) is 1.03. The molecular formula is C10H10N. The molecule has 1 heteroatoms. The molecule has 0 unspecified atom stereocenters. The van der Waals surface area contributed by atoms with Gasteiger partial charge >= 0.3 is 0 Å². The Morgan fingerprint density at radius 1 is 1.27 bits per heavy atom. The maximum Gasteiger partial charge on any atom is 0.0462 e. The summed E-state index contributed by atoms with van der Waals surface area (Å²) in [4.78, 5) is 3.23. The third-order valence-corrected chi connectivity index (χ3v) is 1.82. The van der Waals surface area contributed by atoms with Crippen LogP contribution >= 0.6 is 0 Å². The molecule has 2 aromatic rings. The van der Waals surface area contributed by atoms with E-state index in [0.29, 0.717) is 0 Å². The van der Waals surface area contributed by atoms with Gasteiger partial charge in [0, 0.05) is 22.7 Å². The van der Waals surface area contributed by atoms with E-state index in [1.807, 2.05) is 6.92 Å². The summed E-state index contributed by atoms with van der Waals surface area (Å²) in [6.07, 6.45) is 0. The van der Waals surface area contributed by atoms with E-state index in [4.69, 9.17) is 0 Å². The second kappa shape index (κ2) is 2.12. The SMILES string of the molecule is Cc1ccc2[nH]c(C)[c]c2c1. The predicted octanol–water partition coefficient (Wildman–Crippen LogP) is 2.58. The monoisotopic (exact) mass is 144 g/mol. The number of fused-ring (bicyclic) bond motifs is 1. The van der Waals surface area contributed by atoms with Crippen molar-refractivity contribution in [2.45, 2.75) is 13.8 Å². The number of rotatable bonds is 0. The van der Waals surface area contributed by atoms with Crippen LogP contribution in [0.4, 0.5) is 0 Å². The summed E-state index contributed by atoms with van der Waals surface area (Å²) < 4.78 is 0. The molecule has 1 aromatic carbocycles. The van der Waals surface area contributed by atoms with E-state index in [2.05, 4.69) is 36.2 Å². The Labute approximate surface area is 66.1 Å². The number of H-pyrrole nitrogens is 1. The molecule has 2 rings (SSSR count). The molecule has 0 aliphatic heterocycles. The summed E-state index contributed by atoms with van der Waals surface area (Å²) in [5, 5.41) is 1.18. The van der Waals surface area contributed by atoms with Gasteiger partial charge in [-0.1, -0.05) is 11.6 Å². The fourth-order valence-corrected chi connectivity index (χ4v) is 1.31. The van der Waals surface area contributed by atoms with Gasteiger partial charge in [-0.25, -0.2) is 0 Å². The number of aromatic amines is 1. The zero-order valence-electron chi connectivity index (χ0n) is 6.73. The minimum atomic E-state index is 1.10. The van der Waals surface area contributed by atoms with Gasteiger partial charge < -0.3 is 4.98 Å². The molecule has 0 spiro atoms. The minimum Gasteiger partial charge on any atom is -0.358 e. The van der Waals surface area contributed by atoms with Crippen LogP contribution < -0.4 is 0 Å².